The molecule has 2 atom stereocenters. The molecule has 26 heavy (non-hydrogen) atoms. The molecule has 5 rings (SSSR count). The molecule has 2 saturated carbocycles. The Balaban J connectivity index is 1.56. The molecule has 2 heteroatoms. The van der Waals surface area contributed by atoms with Crippen molar-refractivity contribution in [1.82, 2.24) is 0 Å². The summed E-state index contributed by atoms with van der Waals surface area (Å²) in [5.41, 5.74) is 4.25. The van der Waals surface area contributed by atoms with Crippen molar-refractivity contribution >= 4 is 0 Å². The van der Waals surface area contributed by atoms with E-state index in [1.807, 2.05) is 6.07 Å². The quantitative estimate of drug-likeness (QED) is 0.765. The van der Waals surface area contributed by atoms with E-state index in [1.165, 1.54) is 29.5 Å². The molecule has 0 aliphatic heterocycles. The lowest BCUT2D eigenvalue weighted by atomic mass is 9.85. The van der Waals surface area contributed by atoms with Crippen LogP contribution in [0, 0.1) is 11.8 Å². The first kappa shape index (κ1) is 16.4. The van der Waals surface area contributed by atoms with E-state index in [-0.39, 0.29) is 0 Å². The van der Waals surface area contributed by atoms with Crippen LogP contribution in [0.3, 0.4) is 0 Å². The van der Waals surface area contributed by atoms with Crippen LogP contribution in [0.15, 0.2) is 42.5 Å². The highest BCUT2D eigenvalue weighted by Gasteiger charge is 2.51. The number of benzene rings is 2. The van der Waals surface area contributed by atoms with Crippen molar-refractivity contribution in [3.63, 3.8) is 0 Å². The summed E-state index contributed by atoms with van der Waals surface area (Å²) in [5, 5.41) is 11.5. The fourth-order valence-corrected chi connectivity index (χ4v) is 4.84. The molecule has 2 nitrogen and oxygen atoms in total. The SMILES string of the molecule is CC(c1ccc2c(c1OCc1ccccc1)C(O)(C1CC1)CC2)C1CC1. The second-order valence-electron chi connectivity index (χ2n) is 8.62. The average molecular weight is 348 g/mol. The molecule has 2 aromatic rings. The topological polar surface area (TPSA) is 29.5 Å². The Labute approximate surface area is 156 Å². The lowest BCUT2D eigenvalue weighted by molar-refractivity contribution is 0.0122. The number of fused-ring (bicyclic) bond motifs is 1. The molecule has 0 amide bonds. The fourth-order valence-electron chi connectivity index (χ4n) is 4.84. The molecule has 0 bridgehead atoms. The van der Waals surface area contributed by atoms with Gasteiger partial charge in [0.05, 0.1) is 5.60 Å². The van der Waals surface area contributed by atoms with Crippen LogP contribution in [0.5, 0.6) is 5.75 Å². The number of aliphatic hydroxyl groups is 1. The number of ether oxygens (including phenoxy) is 1. The van der Waals surface area contributed by atoms with Gasteiger partial charge in [-0.15, -0.1) is 0 Å². The summed E-state index contributed by atoms with van der Waals surface area (Å²) in [5.74, 6) is 2.71. The number of hydrogen-bond donors (Lipinski definition) is 1. The smallest absolute Gasteiger partial charge is 0.129 e. The lowest BCUT2D eigenvalue weighted by Gasteiger charge is -2.29. The third-order valence-corrected chi connectivity index (χ3v) is 6.78. The van der Waals surface area contributed by atoms with Crippen LogP contribution in [0.2, 0.25) is 0 Å². The second kappa shape index (κ2) is 6.13. The molecule has 3 aliphatic rings. The minimum atomic E-state index is -0.666. The van der Waals surface area contributed by atoms with Crippen molar-refractivity contribution < 1.29 is 9.84 Å². The lowest BCUT2D eigenvalue weighted by Crippen LogP contribution is -2.26. The summed E-state index contributed by atoms with van der Waals surface area (Å²) in [7, 11) is 0. The minimum Gasteiger partial charge on any atom is -0.488 e. The van der Waals surface area contributed by atoms with Crippen molar-refractivity contribution in [3.05, 3.63) is 64.7 Å². The maximum atomic E-state index is 11.5. The van der Waals surface area contributed by atoms with Gasteiger partial charge in [-0.1, -0.05) is 49.4 Å². The van der Waals surface area contributed by atoms with E-state index < -0.39 is 5.60 Å². The highest BCUT2D eigenvalue weighted by Crippen LogP contribution is 2.57. The van der Waals surface area contributed by atoms with Gasteiger partial charge in [0.2, 0.25) is 0 Å². The number of aryl methyl sites for hydroxylation is 1. The third kappa shape index (κ3) is 2.75. The highest BCUT2D eigenvalue weighted by molar-refractivity contribution is 5.54. The number of rotatable bonds is 6. The first-order valence-corrected chi connectivity index (χ1v) is 10.2. The molecule has 136 valence electrons. The molecular formula is C24H28O2. The standard InChI is InChI=1S/C24H28O2/c1-16(18-7-8-18)21-12-9-19-13-14-24(25,20-10-11-20)22(19)23(21)26-15-17-5-3-2-4-6-17/h2-6,9,12,16,18,20,25H,7-8,10-11,13-15H2,1H3. The molecule has 0 saturated heterocycles. The normalized spacial score (nSPS) is 25.8. The zero-order valence-electron chi connectivity index (χ0n) is 15.6. The van der Waals surface area contributed by atoms with E-state index in [1.54, 1.807) is 0 Å². The predicted octanol–water partition coefficient (Wildman–Crippen LogP) is 5.32. The fraction of sp³-hybridized carbons (Fsp3) is 0.500. The van der Waals surface area contributed by atoms with Gasteiger partial charge in [0.25, 0.3) is 0 Å². The Kier molecular flexibility index (Phi) is 3.86. The van der Waals surface area contributed by atoms with Gasteiger partial charge in [-0.2, -0.15) is 0 Å². The molecule has 2 unspecified atom stereocenters. The van der Waals surface area contributed by atoms with Crippen molar-refractivity contribution in [2.45, 2.75) is 63.6 Å². The van der Waals surface area contributed by atoms with Crippen LogP contribution in [0.25, 0.3) is 0 Å². The van der Waals surface area contributed by atoms with E-state index in [4.69, 9.17) is 4.74 Å². The van der Waals surface area contributed by atoms with Crippen molar-refractivity contribution in [2.24, 2.45) is 11.8 Å². The summed E-state index contributed by atoms with van der Waals surface area (Å²) in [6.07, 6.45) is 6.78. The van der Waals surface area contributed by atoms with E-state index in [0.717, 1.165) is 42.9 Å². The van der Waals surface area contributed by atoms with E-state index in [9.17, 15) is 5.11 Å². The molecule has 0 spiro atoms. The van der Waals surface area contributed by atoms with Gasteiger partial charge in [0.1, 0.15) is 12.4 Å². The van der Waals surface area contributed by atoms with E-state index in [2.05, 4.69) is 43.3 Å². The van der Waals surface area contributed by atoms with Crippen LogP contribution in [0.4, 0.5) is 0 Å². The average Bonchev–Trinajstić information content (AvgIpc) is 3.57. The monoisotopic (exact) mass is 348 g/mol. The van der Waals surface area contributed by atoms with E-state index >= 15 is 0 Å². The van der Waals surface area contributed by atoms with Crippen molar-refractivity contribution in [3.8, 4) is 5.75 Å². The number of hydrogen-bond acceptors (Lipinski definition) is 2. The second-order valence-corrected chi connectivity index (χ2v) is 8.62. The summed E-state index contributed by atoms with van der Waals surface area (Å²) < 4.78 is 6.48. The molecule has 2 fully saturated rings. The van der Waals surface area contributed by atoms with Gasteiger partial charge in [-0.05, 0) is 73.0 Å². The molecular weight excluding hydrogens is 320 g/mol. The maximum Gasteiger partial charge on any atom is 0.129 e. The zero-order chi connectivity index (χ0) is 17.7. The molecule has 3 aliphatic carbocycles. The Morgan fingerprint density at radius 3 is 2.54 bits per heavy atom. The Morgan fingerprint density at radius 2 is 1.85 bits per heavy atom. The Bertz CT molecular complexity index is 804. The molecule has 1 N–H and O–H groups in total. The highest BCUT2D eigenvalue weighted by atomic mass is 16.5. The minimum absolute atomic E-state index is 0.425. The van der Waals surface area contributed by atoms with Gasteiger partial charge in [-0.25, -0.2) is 0 Å². The molecule has 0 heterocycles. The van der Waals surface area contributed by atoms with Crippen molar-refractivity contribution in [2.75, 3.05) is 0 Å². The first-order valence-electron chi connectivity index (χ1n) is 10.2. The summed E-state index contributed by atoms with van der Waals surface area (Å²) >= 11 is 0. The summed E-state index contributed by atoms with van der Waals surface area (Å²) in [4.78, 5) is 0. The summed E-state index contributed by atoms with van der Waals surface area (Å²) in [6, 6.07) is 14.9. The van der Waals surface area contributed by atoms with Crippen LogP contribution in [0.1, 0.15) is 67.2 Å². The Hall–Kier alpha value is -1.80. The predicted molar refractivity (Wildman–Crippen MR) is 103 cm³/mol. The molecule has 0 aromatic heterocycles. The van der Waals surface area contributed by atoms with E-state index in [0.29, 0.717) is 18.4 Å². The zero-order valence-corrected chi connectivity index (χ0v) is 15.6. The molecule has 0 radical (unpaired) electrons. The summed E-state index contributed by atoms with van der Waals surface area (Å²) in [6.45, 7) is 2.91. The van der Waals surface area contributed by atoms with Gasteiger partial charge in [0.15, 0.2) is 0 Å². The molecule has 2 aromatic carbocycles. The largest absolute Gasteiger partial charge is 0.488 e. The van der Waals surface area contributed by atoms with Gasteiger partial charge >= 0.3 is 0 Å². The van der Waals surface area contributed by atoms with Crippen LogP contribution in [-0.2, 0) is 18.6 Å². The third-order valence-electron chi connectivity index (χ3n) is 6.78. The van der Waals surface area contributed by atoms with Gasteiger partial charge in [-0.3, -0.25) is 0 Å². The van der Waals surface area contributed by atoms with Gasteiger partial charge < -0.3 is 9.84 Å². The van der Waals surface area contributed by atoms with Crippen LogP contribution >= 0.6 is 0 Å². The maximum absolute atomic E-state index is 11.5. The Morgan fingerprint density at radius 1 is 1.08 bits per heavy atom. The first-order chi connectivity index (χ1) is 12.7. The van der Waals surface area contributed by atoms with Crippen molar-refractivity contribution in [1.29, 1.82) is 0 Å². The van der Waals surface area contributed by atoms with Gasteiger partial charge in [0, 0.05) is 5.56 Å². The van der Waals surface area contributed by atoms with Crippen LogP contribution in [-0.4, -0.2) is 5.11 Å². The van der Waals surface area contributed by atoms with Crippen LogP contribution < -0.4 is 4.74 Å².